The summed E-state index contributed by atoms with van der Waals surface area (Å²) >= 11 is 13.1. The fourth-order valence-electron chi connectivity index (χ4n) is 3.23. The van der Waals surface area contributed by atoms with E-state index in [-0.39, 0.29) is 28.3 Å². The maximum atomic E-state index is 12.8. The predicted octanol–water partition coefficient (Wildman–Crippen LogP) is 0.197. The van der Waals surface area contributed by atoms with Crippen molar-refractivity contribution in [3.05, 3.63) is 57.6 Å². The van der Waals surface area contributed by atoms with Gasteiger partial charge in [-0.25, -0.2) is 11.3 Å². The molecule has 0 saturated carbocycles. The summed E-state index contributed by atoms with van der Waals surface area (Å²) in [5.41, 5.74) is 6.90. The third kappa shape index (κ3) is 9.25. The van der Waals surface area contributed by atoms with Crippen molar-refractivity contribution in [2.75, 3.05) is 12.4 Å². The third-order valence-corrected chi connectivity index (χ3v) is 6.42. The highest BCUT2D eigenvalue weighted by Crippen LogP contribution is 2.29. The normalized spacial score (nSPS) is 12.6. The van der Waals surface area contributed by atoms with Gasteiger partial charge in [0, 0.05) is 22.4 Å². The largest absolute Gasteiger partial charge is 0.507 e. The topological polar surface area (TPSA) is 230 Å². The average molecular weight is 591 g/mol. The van der Waals surface area contributed by atoms with Gasteiger partial charge in [-0.05, 0) is 43.2 Å². The Hall–Kier alpha value is -2.70. The smallest absolute Gasteiger partial charge is 0.322 e. The van der Waals surface area contributed by atoms with Gasteiger partial charge in [0.2, 0.25) is 0 Å². The van der Waals surface area contributed by atoms with E-state index < -0.39 is 42.1 Å². The molecule has 0 heterocycles. The number of ether oxygens (including phenoxy) is 1. The van der Waals surface area contributed by atoms with E-state index in [1.54, 1.807) is 0 Å². The van der Waals surface area contributed by atoms with Crippen LogP contribution in [0.5, 0.6) is 11.5 Å². The summed E-state index contributed by atoms with van der Waals surface area (Å²) < 4.78 is 5.44. The standard InChI is InChI=1S/C21H28Cl2N8O6S/c22-11-1-3-14(16(23)7-11)20(34)15-4-2-13(9-18(15)32)37-10-19(33)31(26)12(5-6-38-30-29-28-25)8-17(27-24)21(35)36/h1-4,7,9,12,17,27-30,32H,5-6,8,10,24-26H2,(H,35,36). The number of benzene rings is 2. The van der Waals surface area contributed by atoms with Gasteiger partial charge in [-0.15, -0.1) is 0 Å². The summed E-state index contributed by atoms with van der Waals surface area (Å²) in [5, 5.41) is 21.0. The van der Waals surface area contributed by atoms with Crippen molar-refractivity contribution in [1.82, 2.24) is 26.3 Å². The first kappa shape index (κ1) is 31.5. The molecule has 1 amide bonds. The van der Waals surface area contributed by atoms with Crippen molar-refractivity contribution in [2.24, 2.45) is 17.5 Å². The van der Waals surface area contributed by atoms with Crippen molar-refractivity contribution < 1.29 is 29.3 Å². The minimum atomic E-state index is -1.21. The van der Waals surface area contributed by atoms with Crippen molar-refractivity contribution >= 4 is 52.8 Å². The second-order valence-corrected chi connectivity index (χ2v) is 9.42. The lowest BCUT2D eigenvalue weighted by molar-refractivity contribution is -0.142. The molecule has 208 valence electrons. The second kappa shape index (κ2) is 15.6. The molecule has 0 aromatic heterocycles. The summed E-state index contributed by atoms with van der Waals surface area (Å²) in [7, 11) is 0. The lowest BCUT2D eigenvalue weighted by Crippen LogP contribution is -2.53. The average Bonchev–Trinajstić information content (AvgIpc) is 2.88. The number of aromatic hydroxyl groups is 1. The van der Waals surface area contributed by atoms with Crippen LogP contribution in [0.25, 0.3) is 0 Å². The molecule has 2 atom stereocenters. The molecule has 0 aliphatic rings. The first-order chi connectivity index (χ1) is 18.1. The number of carboxylic acid groups (broad SMARTS) is 1. The molecule has 0 radical (unpaired) electrons. The van der Waals surface area contributed by atoms with Crippen LogP contribution < -0.4 is 43.6 Å². The van der Waals surface area contributed by atoms with Crippen LogP contribution in [0.3, 0.4) is 0 Å². The fraction of sp³-hybridized carbons (Fsp3) is 0.286. The summed E-state index contributed by atoms with van der Waals surface area (Å²) in [5.74, 6) is 14.1. The number of carboxylic acids is 1. The number of hydrazine groups is 5. The Morgan fingerprint density at radius 1 is 1.11 bits per heavy atom. The minimum absolute atomic E-state index is 0.0344. The second-order valence-electron chi connectivity index (χ2n) is 7.68. The SMILES string of the molecule is NNNNSCCC(CC(NN)C(=O)O)N(N)C(=O)COc1ccc(C(=O)c2ccc(Cl)cc2Cl)c(O)c1. The van der Waals surface area contributed by atoms with Crippen molar-refractivity contribution in [3.63, 3.8) is 0 Å². The van der Waals surface area contributed by atoms with E-state index >= 15 is 0 Å². The molecule has 14 nitrogen and oxygen atoms in total. The summed E-state index contributed by atoms with van der Waals surface area (Å²) in [6, 6.07) is 6.36. The van der Waals surface area contributed by atoms with E-state index in [9.17, 15) is 24.6 Å². The molecule has 0 fully saturated rings. The number of rotatable bonds is 16. The number of carbonyl (C=O) groups excluding carboxylic acids is 2. The molecule has 17 heteroatoms. The molecule has 12 N–H and O–H groups in total. The highest BCUT2D eigenvalue weighted by molar-refractivity contribution is 7.97. The van der Waals surface area contributed by atoms with E-state index in [1.165, 1.54) is 48.3 Å². The minimum Gasteiger partial charge on any atom is -0.507 e. The van der Waals surface area contributed by atoms with Gasteiger partial charge in [0.05, 0.1) is 16.6 Å². The fourth-order valence-corrected chi connectivity index (χ4v) is 4.35. The first-order valence-electron chi connectivity index (χ1n) is 10.9. The number of nitrogens with one attached hydrogen (secondary N) is 4. The molecule has 2 aromatic rings. The molecular formula is C21H28Cl2N8O6S. The number of halogens is 2. The lowest BCUT2D eigenvalue weighted by atomic mass is 10.0. The van der Waals surface area contributed by atoms with E-state index in [0.29, 0.717) is 17.2 Å². The highest BCUT2D eigenvalue weighted by atomic mass is 35.5. The summed E-state index contributed by atoms with van der Waals surface area (Å²) in [4.78, 5) is 39.5. The first-order valence-corrected chi connectivity index (χ1v) is 12.6. The molecule has 38 heavy (non-hydrogen) atoms. The van der Waals surface area contributed by atoms with Crippen LogP contribution in [0, 0.1) is 0 Å². The van der Waals surface area contributed by atoms with Crippen molar-refractivity contribution in [3.8, 4) is 11.5 Å². The highest BCUT2D eigenvalue weighted by Gasteiger charge is 2.28. The number of nitrogens with two attached hydrogens (primary N) is 3. The van der Waals surface area contributed by atoms with Gasteiger partial charge in [-0.2, -0.15) is 15.9 Å². The van der Waals surface area contributed by atoms with Gasteiger partial charge < -0.3 is 14.9 Å². The van der Waals surface area contributed by atoms with E-state index in [2.05, 4.69) is 21.3 Å². The van der Waals surface area contributed by atoms with Gasteiger partial charge >= 0.3 is 5.97 Å². The zero-order chi connectivity index (χ0) is 28.2. The Bertz CT molecular complexity index is 1130. The van der Waals surface area contributed by atoms with Crippen LogP contribution in [0.15, 0.2) is 36.4 Å². The Morgan fingerprint density at radius 2 is 1.82 bits per heavy atom. The number of hydrogen-bond donors (Lipinski definition) is 9. The molecule has 2 aromatic carbocycles. The van der Waals surface area contributed by atoms with E-state index in [4.69, 9.17) is 45.5 Å². The number of nitrogens with zero attached hydrogens (tertiary/aromatic N) is 1. The molecule has 0 bridgehead atoms. The number of phenols is 1. The van der Waals surface area contributed by atoms with Crippen LogP contribution >= 0.6 is 35.1 Å². The van der Waals surface area contributed by atoms with Crippen LogP contribution in [0.1, 0.15) is 28.8 Å². The lowest BCUT2D eigenvalue weighted by Gasteiger charge is -2.29. The zero-order valence-corrected chi connectivity index (χ0v) is 22.1. The van der Waals surface area contributed by atoms with Gasteiger partial charge in [-0.1, -0.05) is 35.1 Å². The molecule has 0 aliphatic heterocycles. The number of amides is 1. The molecule has 0 spiro atoms. The molecular weight excluding hydrogens is 563 g/mol. The predicted molar refractivity (Wildman–Crippen MR) is 142 cm³/mol. The maximum Gasteiger partial charge on any atom is 0.322 e. The number of hydrogen-bond acceptors (Lipinski definition) is 13. The molecule has 0 aliphatic carbocycles. The van der Waals surface area contributed by atoms with Gasteiger partial charge in [0.15, 0.2) is 12.4 Å². The van der Waals surface area contributed by atoms with Crippen LogP contribution in [-0.4, -0.2) is 57.3 Å². The van der Waals surface area contributed by atoms with Crippen molar-refractivity contribution in [1.29, 1.82) is 0 Å². The van der Waals surface area contributed by atoms with E-state index in [0.717, 1.165) is 5.01 Å². The number of aliphatic carboxylic acids is 1. The molecule has 2 unspecified atom stereocenters. The number of ketones is 1. The maximum absolute atomic E-state index is 12.8. The molecule has 2 rings (SSSR count). The summed E-state index contributed by atoms with van der Waals surface area (Å²) in [6.45, 7) is -0.527. The monoisotopic (exact) mass is 590 g/mol. The quantitative estimate of drug-likeness (QED) is 0.0317. The Balaban J connectivity index is 2.05. The summed E-state index contributed by atoms with van der Waals surface area (Å²) in [6.07, 6.45) is 0.213. The Morgan fingerprint density at radius 3 is 2.42 bits per heavy atom. The van der Waals surface area contributed by atoms with Crippen LogP contribution in [0.2, 0.25) is 10.0 Å². The zero-order valence-electron chi connectivity index (χ0n) is 19.8. The van der Waals surface area contributed by atoms with E-state index in [1.807, 2.05) is 0 Å². The van der Waals surface area contributed by atoms with Crippen molar-refractivity contribution in [2.45, 2.75) is 24.9 Å². The van der Waals surface area contributed by atoms with Gasteiger partial charge in [0.1, 0.15) is 17.5 Å². The van der Waals surface area contributed by atoms with Crippen LogP contribution in [0.4, 0.5) is 0 Å². The number of phenolic OH excluding ortho intramolecular Hbond substituents is 1. The molecule has 0 saturated heterocycles. The Labute approximate surface area is 232 Å². The van der Waals surface area contributed by atoms with Gasteiger partial charge in [0.25, 0.3) is 5.91 Å². The van der Waals surface area contributed by atoms with Gasteiger partial charge in [-0.3, -0.25) is 31.1 Å². The third-order valence-electron chi connectivity index (χ3n) is 5.19. The Kier molecular flexibility index (Phi) is 13.0. The number of carbonyl (C=O) groups is 3. The van der Waals surface area contributed by atoms with Crippen LogP contribution in [-0.2, 0) is 9.59 Å².